The maximum atomic E-state index is 13.2. The number of methoxy groups -OCH3 is 1. The number of para-hydroxylation sites is 3. The molecule has 33 heavy (non-hydrogen) atoms. The average molecular weight is 462 g/mol. The van der Waals surface area contributed by atoms with Crippen LogP contribution in [0, 0.1) is 0 Å². The van der Waals surface area contributed by atoms with Crippen molar-refractivity contribution in [1.29, 1.82) is 0 Å². The first-order valence-electron chi connectivity index (χ1n) is 10.3. The summed E-state index contributed by atoms with van der Waals surface area (Å²) >= 11 is 1.29. The van der Waals surface area contributed by atoms with Crippen molar-refractivity contribution in [2.45, 2.75) is 11.6 Å². The van der Waals surface area contributed by atoms with Crippen LogP contribution in [0.15, 0.2) is 82.4 Å². The molecule has 4 rings (SSSR count). The minimum Gasteiger partial charge on any atom is -0.495 e. The molecule has 0 aliphatic rings. The highest BCUT2D eigenvalue weighted by molar-refractivity contribution is 7.99. The van der Waals surface area contributed by atoms with Crippen molar-refractivity contribution in [1.82, 2.24) is 9.88 Å². The van der Waals surface area contributed by atoms with Gasteiger partial charge in [-0.2, -0.15) is 0 Å². The lowest BCUT2D eigenvalue weighted by molar-refractivity contribution is -0.127. The number of thioether (sulfide) groups is 1. The second kappa shape index (κ2) is 10.2. The van der Waals surface area contributed by atoms with Crippen LogP contribution < -0.4 is 10.1 Å². The summed E-state index contributed by atoms with van der Waals surface area (Å²) in [5.41, 5.74) is 1.74. The van der Waals surface area contributed by atoms with E-state index in [1.807, 2.05) is 42.5 Å². The minimum atomic E-state index is -0.277. The minimum absolute atomic E-state index is 0.0635. The van der Waals surface area contributed by atoms with Gasteiger partial charge in [0, 0.05) is 12.4 Å². The first-order valence-corrected chi connectivity index (χ1v) is 11.3. The van der Waals surface area contributed by atoms with Gasteiger partial charge in [-0.1, -0.05) is 42.1 Å². The molecule has 0 saturated heterocycles. The zero-order valence-corrected chi connectivity index (χ0v) is 19.1. The Bertz CT molecular complexity index is 1270. The topological polar surface area (TPSA) is 84.7 Å². The summed E-state index contributed by atoms with van der Waals surface area (Å²) in [5.74, 6) is 1.14. The highest BCUT2D eigenvalue weighted by Gasteiger charge is 2.17. The van der Waals surface area contributed by atoms with Gasteiger partial charge in [-0.15, -0.1) is 0 Å². The van der Waals surface area contributed by atoms with Gasteiger partial charge >= 0.3 is 0 Å². The Kier molecular flexibility index (Phi) is 6.95. The van der Waals surface area contributed by atoms with E-state index >= 15 is 0 Å². The van der Waals surface area contributed by atoms with Crippen molar-refractivity contribution in [2.75, 3.05) is 25.2 Å². The van der Waals surface area contributed by atoms with E-state index in [0.717, 1.165) is 11.1 Å². The molecule has 0 aliphatic carbocycles. The largest absolute Gasteiger partial charge is 0.495 e. The fourth-order valence-corrected chi connectivity index (χ4v) is 4.18. The number of nitrogens with one attached hydrogen (secondary N) is 1. The summed E-state index contributed by atoms with van der Waals surface area (Å²) in [6.07, 6.45) is 1.58. The second-order valence-corrected chi connectivity index (χ2v) is 8.29. The van der Waals surface area contributed by atoms with Crippen LogP contribution in [0.25, 0.3) is 10.9 Å². The van der Waals surface area contributed by atoms with E-state index in [4.69, 9.17) is 9.15 Å². The summed E-state index contributed by atoms with van der Waals surface area (Å²) in [6.45, 7) is 0.393. The monoisotopic (exact) mass is 461 g/mol. The Morgan fingerprint density at radius 3 is 2.67 bits per heavy atom. The van der Waals surface area contributed by atoms with Crippen molar-refractivity contribution in [2.24, 2.45) is 0 Å². The van der Waals surface area contributed by atoms with E-state index < -0.39 is 0 Å². The summed E-state index contributed by atoms with van der Waals surface area (Å²) < 4.78 is 10.6. The number of ether oxygens (including phenoxy) is 1. The number of nitrogens with zero attached hydrogens (tertiary/aromatic N) is 2. The van der Waals surface area contributed by atoms with E-state index in [9.17, 15) is 9.59 Å². The van der Waals surface area contributed by atoms with Crippen molar-refractivity contribution >= 4 is 40.2 Å². The molecule has 0 spiro atoms. The Labute approximate surface area is 195 Å². The summed E-state index contributed by atoms with van der Waals surface area (Å²) in [6, 6.07) is 20.0. The molecule has 4 aromatic rings. The summed E-state index contributed by atoms with van der Waals surface area (Å²) in [5, 5.41) is 4.25. The third-order valence-corrected chi connectivity index (χ3v) is 5.93. The second-order valence-electron chi connectivity index (χ2n) is 7.30. The normalized spacial score (nSPS) is 10.7. The SMILES string of the molecule is COc1ccccc1NC(=O)c1cc(SCC(=O)N(C)Cc2ccco2)nc2ccccc12. The number of hydrogen-bond donors (Lipinski definition) is 1. The Morgan fingerprint density at radius 2 is 1.88 bits per heavy atom. The van der Waals surface area contributed by atoms with Crippen molar-refractivity contribution in [3.05, 3.63) is 84.3 Å². The van der Waals surface area contributed by atoms with Gasteiger partial charge in [0.25, 0.3) is 5.91 Å². The van der Waals surface area contributed by atoms with Gasteiger partial charge in [0.1, 0.15) is 11.5 Å². The molecule has 0 unspecified atom stereocenters. The molecule has 0 atom stereocenters. The van der Waals surface area contributed by atoms with E-state index in [1.165, 1.54) is 11.8 Å². The van der Waals surface area contributed by atoms with Crippen LogP contribution in [-0.4, -0.2) is 41.6 Å². The van der Waals surface area contributed by atoms with Crippen LogP contribution in [0.3, 0.4) is 0 Å². The molecule has 8 heteroatoms. The van der Waals surface area contributed by atoms with E-state index in [1.54, 1.807) is 49.6 Å². The number of furan rings is 1. The Balaban J connectivity index is 1.54. The van der Waals surface area contributed by atoms with Crippen molar-refractivity contribution < 1.29 is 18.7 Å². The lowest BCUT2D eigenvalue weighted by Gasteiger charge is -2.16. The molecule has 0 aliphatic heterocycles. The molecule has 0 radical (unpaired) electrons. The molecule has 2 amide bonds. The molecule has 0 fully saturated rings. The van der Waals surface area contributed by atoms with Crippen LogP contribution in [0.2, 0.25) is 0 Å². The van der Waals surface area contributed by atoms with E-state index in [0.29, 0.717) is 34.1 Å². The molecule has 1 N–H and O–H groups in total. The van der Waals surface area contributed by atoms with Crippen LogP contribution in [-0.2, 0) is 11.3 Å². The first-order chi connectivity index (χ1) is 16.0. The first kappa shape index (κ1) is 22.4. The number of pyridine rings is 1. The number of rotatable bonds is 8. The number of carbonyl (C=O) groups is 2. The van der Waals surface area contributed by atoms with Gasteiger partial charge in [-0.05, 0) is 36.4 Å². The van der Waals surface area contributed by atoms with E-state index in [2.05, 4.69) is 10.3 Å². The fraction of sp³-hybridized carbons (Fsp3) is 0.160. The van der Waals surface area contributed by atoms with Gasteiger partial charge in [0.2, 0.25) is 5.91 Å². The highest BCUT2D eigenvalue weighted by Crippen LogP contribution is 2.28. The van der Waals surface area contributed by atoms with Crippen LogP contribution in [0.4, 0.5) is 5.69 Å². The number of hydrogen-bond acceptors (Lipinski definition) is 6. The van der Waals surface area contributed by atoms with Gasteiger partial charge in [0.05, 0.1) is 47.5 Å². The van der Waals surface area contributed by atoms with Gasteiger partial charge in [-0.25, -0.2) is 4.98 Å². The van der Waals surface area contributed by atoms with Gasteiger partial charge < -0.3 is 19.4 Å². The lowest BCUT2D eigenvalue weighted by Crippen LogP contribution is -2.27. The van der Waals surface area contributed by atoms with Crippen LogP contribution >= 0.6 is 11.8 Å². The van der Waals surface area contributed by atoms with Crippen molar-refractivity contribution in [3.63, 3.8) is 0 Å². The molecule has 0 saturated carbocycles. The third-order valence-electron chi connectivity index (χ3n) is 5.03. The Morgan fingerprint density at radius 1 is 1.09 bits per heavy atom. The standard InChI is InChI=1S/C25H23N3O4S/c1-28(15-17-8-7-13-32-17)24(29)16-33-23-14-19(18-9-3-4-10-20(18)26-23)25(30)27-21-11-5-6-12-22(21)31-2/h3-14H,15-16H2,1-2H3,(H,27,30). The third kappa shape index (κ3) is 5.35. The van der Waals surface area contributed by atoms with E-state index in [-0.39, 0.29) is 17.6 Å². The Hall–Kier alpha value is -3.78. The predicted molar refractivity (Wildman–Crippen MR) is 129 cm³/mol. The smallest absolute Gasteiger partial charge is 0.256 e. The zero-order chi connectivity index (χ0) is 23.2. The average Bonchev–Trinajstić information content (AvgIpc) is 3.35. The zero-order valence-electron chi connectivity index (χ0n) is 18.3. The van der Waals surface area contributed by atoms with Crippen LogP contribution in [0.1, 0.15) is 16.1 Å². The molecular formula is C25H23N3O4S. The maximum Gasteiger partial charge on any atom is 0.256 e. The molecule has 168 valence electrons. The highest BCUT2D eigenvalue weighted by atomic mass is 32.2. The quantitative estimate of drug-likeness (QED) is 0.378. The molecule has 0 bridgehead atoms. The number of anilines is 1. The number of benzene rings is 2. The van der Waals surface area contributed by atoms with Crippen molar-refractivity contribution in [3.8, 4) is 5.75 Å². The molecule has 2 aromatic heterocycles. The number of amides is 2. The van der Waals surface area contributed by atoms with Gasteiger partial charge in [0.15, 0.2) is 0 Å². The number of aromatic nitrogens is 1. The molecular weight excluding hydrogens is 438 g/mol. The number of carbonyl (C=O) groups excluding carboxylic acids is 2. The molecule has 2 heterocycles. The molecule has 7 nitrogen and oxygen atoms in total. The number of fused-ring (bicyclic) bond motifs is 1. The summed E-state index contributed by atoms with van der Waals surface area (Å²) in [4.78, 5) is 32.0. The summed E-state index contributed by atoms with van der Waals surface area (Å²) in [7, 11) is 3.28. The van der Waals surface area contributed by atoms with Gasteiger partial charge in [-0.3, -0.25) is 9.59 Å². The predicted octanol–water partition coefficient (Wildman–Crippen LogP) is 4.84. The lowest BCUT2D eigenvalue weighted by atomic mass is 10.1. The maximum absolute atomic E-state index is 13.2. The van der Waals surface area contributed by atoms with Crippen LogP contribution in [0.5, 0.6) is 5.75 Å². The molecule has 2 aromatic carbocycles. The fourth-order valence-electron chi connectivity index (χ4n) is 3.32.